The van der Waals surface area contributed by atoms with Crippen LogP contribution in [0.4, 0.5) is 5.69 Å². The number of carbonyl (C=O) groups is 3. The number of anilines is 1. The average Bonchev–Trinajstić information content (AvgIpc) is 2.69. The van der Waals surface area contributed by atoms with Gasteiger partial charge in [0.05, 0.1) is 22.3 Å². The van der Waals surface area contributed by atoms with Crippen molar-refractivity contribution in [3.05, 3.63) is 57.5 Å². The Morgan fingerprint density at radius 2 is 1.77 bits per heavy atom. The minimum Gasteiger partial charge on any atom is -0.477 e. The van der Waals surface area contributed by atoms with Crippen molar-refractivity contribution in [2.45, 2.75) is 13.0 Å². The molecule has 2 amide bonds. The van der Waals surface area contributed by atoms with Gasteiger partial charge >= 0.3 is 5.97 Å². The van der Waals surface area contributed by atoms with Crippen LogP contribution >= 0.6 is 34.8 Å². The molecule has 1 unspecified atom stereocenters. The van der Waals surface area contributed by atoms with E-state index in [1.807, 2.05) is 0 Å². The molecular formula is C20H19Cl3N2O5. The van der Waals surface area contributed by atoms with Gasteiger partial charge in [-0.25, -0.2) is 4.79 Å². The van der Waals surface area contributed by atoms with Crippen molar-refractivity contribution in [1.82, 2.24) is 4.90 Å². The zero-order valence-corrected chi connectivity index (χ0v) is 18.4. The number of likely N-dealkylation sites (N-methyl/N-ethyl adjacent to an activating group) is 1. The van der Waals surface area contributed by atoms with Crippen molar-refractivity contribution < 1.29 is 23.9 Å². The van der Waals surface area contributed by atoms with E-state index in [-0.39, 0.29) is 17.3 Å². The number of rotatable bonds is 8. The highest BCUT2D eigenvalue weighted by Gasteiger charge is 2.21. The molecule has 0 radical (unpaired) electrons. The summed E-state index contributed by atoms with van der Waals surface area (Å²) >= 11 is 17.8. The number of hydrogen-bond acceptors (Lipinski definition) is 5. The zero-order valence-electron chi connectivity index (χ0n) is 16.2. The van der Waals surface area contributed by atoms with Gasteiger partial charge in [-0.2, -0.15) is 0 Å². The molecule has 1 atom stereocenters. The van der Waals surface area contributed by atoms with E-state index >= 15 is 0 Å². The summed E-state index contributed by atoms with van der Waals surface area (Å²) in [5.74, 6) is -1.51. The van der Waals surface area contributed by atoms with E-state index in [1.54, 1.807) is 30.3 Å². The van der Waals surface area contributed by atoms with Gasteiger partial charge in [0, 0.05) is 12.1 Å². The summed E-state index contributed by atoms with van der Waals surface area (Å²) in [6, 6.07) is 11.3. The fraction of sp³-hybridized carbons (Fsp3) is 0.250. The summed E-state index contributed by atoms with van der Waals surface area (Å²) in [5, 5.41) is 3.64. The fourth-order valence-electron chi connectivity index (χ4n) is 2.23. The van der Waals surface area contributed by atoms with Crippen LogP contribution < -0.4 is 10.1 Å². The number of benzene rings is 2. The van der Waals surface area contributed by atoms with Crippen LogP contribution in [-0.2, 0) is 19.1 Å². The topological polar surface area (TPSA) is 84.9 Å². The first-order chi connectivity index (χ1) is 14.2. The third-order valence-electron chi connectivity index (χ3n) is 3.82. The summed E-state index contributed by atoms with van der Waals surface area (Å²) in [7, 11) is 1.41. The lowest BCUT2D eigenvalue weighted by Gasteiger charge is -2.18. The van der Waals surface area contributed by atoms with E-state index in [9.17, 15) is 14.4 Å². The maximum Gasteiger partial charge on any atom is 0.347 e. The van der Waals surface area contributed by atoms with Gasteiger partial charge in [0.25, 0.3) is 5.91 Å². The van der Waals surface area contributed by atoms with Crippen LogP contribution in [0.25, 0.3) is 0 Å². The quantitative estimate of drug-likeness (QED) is 0.585. The van der Waals surface area contributed by atoms with Gasteiger partial charge in [-0.1, -0.05) is 46.9 Å². The van der Waals surface area contributed by atoms with Gasteiger partial charge in [0.15, 0.2) is 12.7 Å². The molecule has 1 N–H and O–H groups in total. The smallest absolute Gasteiger partial charge is 0.347 e. The Morgan fingerprint density at radius 3 is 2.43 bits per heavy atom. The molecule has 0 aliphatic carbocycles. The predicted molar refractivity (Wildman–Crippen MR) is 115 cm³/mol. The highest BCUT2D eigenvalue weighted by atomic mass is 35.5. The average molecular weight is 474 g/mol. The molecule has 0 heterocycles. The molecule has 0 bridgehead atoms. The van der Waals surface area contributed by atoms with Gasteiger partial charge in [0.2, 0.25) is 5.91 Å². The molecule has 2 aromatic rings. The highest BCUT2D eigenvalue weighted by molar-refractivity contribution is 6.35. The molecule has 0 aliphatic rings. The van der Waals surface area contributed by atoms with Crippen LogP contribution in [-0.4, -0.2) is 49.0 Å². The summed E-state index contributed by atoms with van der Waals surface area (Å²) in [4.78, 5) is 37.4. The highest BCUT2D eigenvalue weighted by Crippen LogP contribution is 2.28. The number of ether oxygens (including phenoxy) is 2. The number of nitrogens with zero attached hydrogens (tertiary/aromatic N) is 1. The lowest BCUT2D eigenvalue weighted by atomic mass is 10.3. The third-order valence-corrected chi connectivity index (χ3v) is 4.68. The second-order valence-electron chi connectivity index (χ2n) is 6.22. The number of hydrogen-bond donors (Lipinski definition) is 1. The van der Waals surface area contributed by atoms with Crippen LogP contribution in [0.3, 0.4) is 0 Å². The summed E-state index contributed by atoms with van der Waals surface area (Å²) in [6.45, 7) is 0.670. The molecule has 0 aromatic heterocycles. The molecule has 0 spiro atoms. The molecular weight excluding hydrogens is 455 g/mol. The summed E-state index contributed by atoms with van der Waals surface area (Å²) in [5.41, 5.74) is 0.434. The Hall–Kier alpha value is -2.48. The Morgan fingerprint density at radius 1 is 1.07 bits per heavy atom. The maximum absolute atomic E-state index is 12.1. The standard InChI is InChI=1S/C20H19Cl3N2O5/c1-12(30-17-8-7-13(21)9-15(17)23)20(28)29-11-19(27)25(2)10-18(26)24-16-6-4-3-5-14(16)22/h3-9,12H,10-11H2,1-2H3,(H,24,26). The van der Waals surface area contributed by atoms with Gasteiger partial charge in [-0.15, -0.1) is 0 Å². The van der Waals surface area contributed by atoms with Crippen LogP contribution in [0.15, 0.2) is 42.5 Å². The van der Waals surface area contributed by atoms with E-state index in [0.717, 1.165) is 4.90 Å². The van der Waals surface area contributed by atoms with E-state index in [1.165, 1.54) is 26.1 Å². The lowest BCUT2D eigenvalue weighted by Crippen LogP contribution is -2.38. The van der Waals surface area contributed by atoms with E-state index in [2.05, 4.69) is 5.32 Å². The predicted octanol–water partition coefficient (Wildman–Crippen LogP) is 4.05. The second-order valence-corrected chi connectivity index (χ2v) is 7.47. The van der Waals surface area contributed by atoms with Gasteiger partial charge in [-0.05, 0) is 37.3 Å². The van der Waals surface area contributed by atoms with E-state index in [0.29, 0.717) is 15.7 Å². The SMILES string of the molecule is CC(Oc1ccc(Cl)cc1Cl)C(=O)OCC(=O)N(C)CC(=O)Nc1ccccc1Cl. The first kappa shape index (κ1) is 23.8. The zero-order chi connectivity index (χ0) is 22.3. The number of halogens is 3. The fourth-order valence-corrected chi connectivity index (χ4v) is 2.86. The monoisotopic (exact) mass is 472 g/mol. The molecule has 160 valence electrons. The summed E-state index contributed by atoms with van der Waals surface area (Å²) in [6.07, 6.45) is -1.01. The van der Waals surface area contributed by atoms with Gasteiger partial charge in [0.1, 0.15) is 5.75 Å². The first-order valence-corrected chi connectivity index (χ1v) is 9.87. The van der Waals surface area contributed by atoms with Crippen LogP contribution in [0.2, 0.25) is 15.1 Å². The van der Waals surface area contributed by atoms with Crippen molar-refractivity contribution in [2.24, 2.45) is 0 Å². The Balaban J connectivity index is 1.79. The molecule has 2 rings (SSSR count). The Bertz CT molecular complexity index is 938. The second kappa shape index (κ2) is 11.1. The Kier molecular flexibility index (Phi) is 8.77. The van der Waals surface area contributed by atoms with Crippen molar-refractivity contribution in [1.29, 1.82) is 0 Å². The molecule has 10 heteroatoms. The number of para-hydroxylation sites is 1. The van der Waals surface area contributed by atoms with Crippen LogP contribution in [0, 0.1) is 0 Å². The number of esters is 1. The molecule has 0 saturated heterocycles. The van der Waals surface area contributed by atoms with E-state index in [4.69, 9.17) is 44.3 Å². The van der Waals surface area contributed by atoms with Crippen molar-refractivity contribution >= 4 is 58.3 Å². The van der Waals surface area contributed by atoms with Crippen LogP contribution in [0.5, 0.6) is 5.75 Å². The number of amides is 2. The molecule has 7 nitrogen and oxygen atoms in total. The number of nitrogens with one attached hydrogen (secondary N) is 1. The van der Waals surface area contributed by atoms with Crippen molar-refractivity contribution in [2.75, 3.05) is 25.5 Å². The molecule has 0 aliphatic heterocycles. The minimum absolute atomic E-state index is 0.238. The molecule has 30 heavy (non-hydrogen) atoms. The van der Waals surface area contributed by atoms with E-state index < -0.39 is 30.5 Å². The van der Waals surface area contributed by atoms with Crippen molar-refractivity contribution in [3.8, 4) is 5.75 Å². The maximum atomic E-state index is 12.1. The normalized spacial score (nSPS) is 11.4. The summed E-state index contributed by atoms with van der Waals surface area (Å²) < 4.78 is 10.4. The third kappa shape index (κ3) is 7.09. The number of carbonyl (C=O) groups excluding carboxylic acids is 3. The van der Waals surface area contributed by atoms with Gasteiger partial charge < -0.3 is 19.7 Å². The van der Waals surface area contributed by atoms with Crippen molar-refractivity contribution in [3.63, 3.8) is 0 Å². The Labute approximate surface area is 188 Å². The first-order valence-electron chi connectivity index (χ1n) is 8.74. The largest absolute Gasteiger partial charge is 0.477 e. The minimum atomic E-state index is -1.01. The molecule has 0 fully saturated rings. The molecule has 0 saturated carbocycles. The lowest BCUT2D eigenvalue weighted by molar-refractivity contribution is -0.157. The van der Waals surface area contributed by atoms with Crippen LogP contribution in [0.1, 0.15) is 6.92 Å². The molecule has 2 aromatic carbocycles. The van der Waals surface area contributed by atoms with Gasteiger partial charge in [-0.3, -0.25) is 9.59 Å².